The minimum absolute atomic E-state index is 0.279. The number of nitrogens with zero attached hydrogens (tertiary/aromatic N) is 5. The molecule has 0 atom stereocenters. The third-order valence-corrected chi connectivity index (χ3v) is 3.38. The molecule has 3 aromatic heterocycles. The number of fused-ring (bicyclic) bond motifs is 1. The van der Waals surface area contributed by atoms with E-state index in [1.54, 1.807) is 29.5 Å². The largest absolute Gasteiger partial charge is 0.435 e. The molecule has 7 heteroatoms. The van der Waals surface area contributed by atoms with Crippen LogP contribution in [0.3, 0.4) is 0 Å². The average Bonchev–Trinajstić information content (AvgIpc) is 3.11. The number of anilines is 1. The molecule has 0 aliphatic rings. The molecule has 0 aliphatic heterocycles. The number of aromatic nitrogens is 5. The number of nitrogens with two attached hydrogens (primary N) is 1. The standard InChI is InChI=1S/C16H12N6O/c17-13-15(22-8-7-18-10-22)20-9-21-16(13)23-12-5-1-3-11-4-2-6-19-14(11)12/h1-10H,17H2. The number of para-hydroxylation sites is 1. The van der Waals surface area contributed by atoms with E-state index in [4.69, 9.17) is 10.5 Å². The maximum absolute atomic E-state index is 6.15. The highest BCUT2D eigenvalue weighted by Gasteiger charge is 2.13. The summed E-state index contributed by atoms with van der Waals surface area (Å²) in [6.07, 6.45) is 8.13. The molecule has 0 bridgehead atoms. The number of nitrogen functional groups attached to an aromatic ring is 1. The van der Waals surface area contributed by atoms with E-state index < -0.39 is 0 Å². The fourth-order valence-electron chi connectivity index (χ4n) is 2.30. The third-order valence-electron chi connectivity index (χ3n) is 3.38. The second-order valence-corrected chi connectivity index (χ2v) is 4.82. The van der Waals surface area contributed by atoms with E-state index >= 15 is 0 Å². The van der Waals surface area contributed by atoms with Crippen molar-refractivity contribution in [2.75, 3.05) is 5.73 Å². The van der Waals surface area contributed by atoms with Crippen LogP contribution < -0.4 is 10.5 Å². The van der Waals surface area contributed by atoms with Gasteiger partial charge in [-0.1, -0.05) is 18.2 Å². The predicted molar refractivity (Wildman–Crippen MR) is 85.4 cm³/mol. The highest BCUT2D eigenvalue weighted by atomic mass is 16.5. The summed E-state index contributed by atoms with van der Waals surface area (Å²) in [4.78, 5) is 16.7. The molecular weight excluding hydrogens is 292 g/mol. The Bertz CT molecular complexity index is 962. The van der Waals surface area contributed by atoms with E-state index in [-0.39, 0.29) is 5.88 Å². The van der Waals surface area contributed by atoms with E-state index in [1.165, 1.54) is 6.33 Å². The second-order valence-electron chi connectivity index (χ2n) is 4.82. The maximum atomic E-state index is 6.15. The van der Waals surface area contributed by atoms with Crippen LogP contribution in [0.15, 0.2) is 61.6 Å². The smallest absolute Gasteiger partial charge is 0.248 e. The molecule has 0 radical (unpaired) electrons. The van der Waals surface area contributed by atoms with Crippen molar-refractivity contribution in [3.05, 3.63) is 61.6 Å². The maximum Gasteiger partial charge on any atom is 0.248 e. The molecule has 1 aromatic carbocycles. The molecule has 4 rings (SSSR count). The molecule has 23 heavy (non-hydrogen) atoms. The fourth-order valence-corrected chi connectivity index (χ4v) is 2.30. The van der Waals surface area contributed by atoms with Gasteiger partial charge in [0.05, 0.1) is 0 Å². The number of pyridine rings is 1. The van der Waals surface area contributed by atoms with Crippen molar-refractivity contribution in [3.63, 3.8) is 0 Å². The van der Waals surface area contributed by atoms with Crippen LogP contribution in [0, 0.1) is 0 Å². The lowest BCUT2D eigenvalue weighted by Crippen LogP contribution is -2.04. The molecular formula is C16H12N6O. The lowest BCUT2D eigenvalue weighted by Gasteiger charge is -2.11. The van der Waals surface area contributed by atoms with Crippen molar-refractivity contribution in [2.45, 2.75) is 0 Å². The number of hydrogen-bond acceptors (Lipinski definition) is 6. The highest BCUT2D eigenvalue weighted by molar-refractivity contribution is 5.84. The van der Waals surface area contributed by atoms with Crippen molar-refractivity contribution in [1.82, 2.24) is 24.5 Å². The Morgan fingerprint density at radius 3 is 2.78 bits per heavy atom. The number of hydrogen-bond donors (Lipinski definition) is 1. The summed E-state index contributed by atoms with van der Waals surface area (Å²) < 4.78 is 7.59. The predicted octanol–water partition coefficient (Wildman–Crippen LogP) is 2.58. The van der Waals surface area contributed by atoms with Crippen LogP contribution in [-0.4, -0.2) is 24.5 Å². The van der Waals surface area contributed by atoms with E-state index in [0.717, 1.165) is 10.9 Å². The minimum atomic E-state index is 0.279. The average molecular weight is 304 g/mol. The van der Waals surface area contributed by atoms with Gasteiger partial charge >= 0.3 is 0 Å². The minimum Gasteiger partial charge on any atom is -0.435 e. The summed E-state index contributed by atoms with van der Waals surface area (Å²) in [6, 6.07) is 9.54. The summed E-state index contributed by atoms with van der Waals surface area (Å²) in [5, 5.41) is 0.979. The van der Waals surface area contributed by atoms with Gasteiger partial charge in [-0.2, -0.15) is 4.98 Å². The van der Waals surface area contributed by atoms with Gasteiger partial charge in [-0.25, -0.2) is 9.97 Å². The van der Waals surface area contributed by atoms with Gasteiger partial charge in [0.25, 0.3) is 0 Å². The Morgan fingerprint density at radius 1 is 1.00 bits per heavy atom. The van der Waals surface area contributed by atoms with Crippen molar-refractivity contribution < 1.29 is 4.74 Å². The summed E-state index contributed by atoms with van der Waals surface area (Å²) in [6.45, 7) is 0. The first-order chi connectivity index (χ1) is 11.3. The molecule has 7 nitrogen and oxygen atoms in total. The van der Waals surface area contributed by atoms with Crippen LogP contribution in [0.4, 0.5) is 5.69 Å². The van der Waals surface area contributed by atoms with Crippen molar-refractivity contribution in [3.8, 4) is 17.4 Å². The van der Waals surface area contributed by atoms with Gasteiger partial charge in [0.15, 0.2) is 11.6 Å². The van der Waals surface area contributed by atoms with Crippen LogP contribution in [0.1, 0.15) is 0 Å². The molecule has 2 N–H and O–H groups in total. The molecule has 0 unspecified atom stereocenters. The normalized spacial score (nSPS) is 10.8. The fraction of sp³-hybridized carbons (Fsp3) is 0. The molecule has 0 aliphatic carbocycles. The summed E-state index contributed by atoms with van der Waals surface area (Å²) in [5.74, 6) is 1.38. The molecule has 4 aromatic rings. The Kier molecular flexibility index (Phi) is 3.09. The van der Waals surface area contributed by atoms with Crippen LogP contribution in [0.5, 0.6) is 11.6 Å². The molecule has 0 saturated carbocycles. The van der Waals surface area contributed by atoms with Gasteiger partial charge in [-0.15, -0.1) is 0 Å². The number of benzene rings is 1. The SMILES string of the molecule is Nc1c(Oc2cccc3cccnc23)ncnc1-n1ccnc1. The first-order valence-electron chi connectivity index (χ1n) is 6.93. The van der Waals surface area contributed by atoms with Crippen molar-refractivity contribution >= 4 is 16.6 Å². The topological polar surface area (TPSA) is 91.7 Å². The zero-order valence-corrected chi connectivity index (χ0v) is 12.0. The lowest BCUT2D eigenvalue weighted by molar-refractivity contribution is 0.468. The van der Waals surface area contributed by atoms with E-state index in [2.05, 4.69) is 19.9 Å². The van der Waals surface area contributed by atoms with E-state index in [9.17, 15) is 0 Å². The summed E-state index contributed by atoms with van der Waals surface area (Å²) in [5.41, 5.74) is 7.23. The van der Waals surface area contributed by atoms with Crippen LogP contribution in [-0.2, 0) is 0 Å². The third kappa shape index (κ3) is 2.34. The zero-order valence-electron chi connectivity index (χ0n) is 12.0. The summed E-state index contributed by atoms with van der Waals surface area (Å²) in [7, 11) is 0. The van der Waals surface area contributed by atoms with Gasteiger partial charge < -0.3 is 10.5 Å². The molecule has 0 spiro atoms. The second kappa shape index (κ2) is 5.38. The number of rotatable bonds is 3. The van der Waals surface area contributed by atoms with Crippen LogP contribution >= 0.6 is 0 Å². The highest BCUT2D eigenvalue weighted by Crippen LogP contribution is 2.31. The van der Waals surface area contributed by atoms with E-state index in [1.807, 2.05) is 30.3 Å². The molecule has 0 fully saturated rings. The van der Waals surface area contributed by atoms with Crippen LogP contribution in [0.2, 0.25) is 0 Å². The lowest BCUT2D eigenvalue weighted by atomic mass is 10.2. The monoisotopic (exact) mass is 304 g/mol. The van der Waals surface area contributed by atoms with Crippen molar-refractivity contribution in [2.24, 2.45) is 0 Å². The van der Waals surface area contributed by atoms with Gasteiger partial charge in [0.2, 0.25) is 5.88 Å². The van der Waals surface area contributed by atoms with Gasteiger partial charge in [0, 0.05) is 24.0 Å². The molecule has 3 heterocycles. The molecule has 112 valence electrons. The van der Waals surface area contributed by atoms with E-state index in [0.29, 0.717) is 17.3 Å². The first kappa shape index (κ1) is 13.2. The number of ether oxygens (including phenoxy) is 1. The Hall–Kier alpha value is -3.48. The van der Waals surface area contributed by atoms with Gasteiger partial charge in [0.1, 0.15) is 23.9 Å². The Morgan fingerprint density at radius 2 is 1.91 bits per heavy atom. The Labute approximate surface area is 131 Å². The van der Waals surface area contributed by atoms with Gasteiger partial charge in [-0.05, 0) is 12.1 Å². The zero-order chi connectivity index (χ0) is 15.6. The molecule has 0 saturated heterocycles. The van der Waals surface area contributed by atoms with Crippen LogP contribution in [0.25, 0.3) is 16.7 Å². The number of imidazole rings is 1. The first-order valence-corrected chi connectivity index (χ1v) is 6.93. The quantitative estimate of drug-likeness (QED) is 0.625. The van der Waals surface area contributed by atoms with Gasteiger partial charge in [-0.3, -0.25) is 9.55 Å². The van der Waals surface area contributed by atoms with Crippen molar-refractivity contribution in [1.29, 1.82) is 0 Å². The molecule has 0 amide bonds. The Balaban J connectivity index is 1.78. The summed E-state index contributed by atoms with van der Waals surface area (Å²) >= 11 is 0.